The average Bonchev–Trinajstić information content (AvgIpc) is 2.80. The van der Waals surface area contributed by atoms with Gasteiger partial charge >= 0.3 is 0 Å². The van der Waals surface area contributed by atoms with Crippen LogP contribution in [0.2, 0.25) is 0 Å². The molecule has 1 amide bonds. The Morgan fingerprint density at radius 2 is 1.80 bits per heavy atom. The number of quaternary nitrogens is 1. The number of anilines is 1. The normalized spacial score (nSPS) is 17.7. The summed E-state index contributed by atoms with van der Waals surface area (Å²) < 4.78 is 16.3. The average molecular weight is 414 g/mol. The highest BCUT2D eigenvalue weighted by molar-refractivity contribution is 5.77. The minimum absolute atomic E-state index is 0.0734. The second kappa shape index (κ2) is 9.77. The first-order chi connectivity index (χ1) is 14.7. The number of carbonyl (C=O) groups is 1. The molecule has 0 aliphatic carbocycles. The molecule has 0 saturated carbocycles. The number of para-hydroxylation sites is 1. The van der Waals surface area contributed by atoms with Crippen molar-refractivity contribution in [1.29, 1.82) is 0 Å². The molecule has 0 radical (unpaired) electrons. The van der Waals surface area contributed by atoms with Crippen molar-refractivity contribution >= 4 is 11.6 Å². The number of carbonyl (C=O) groups excluding carboxylic acids is 1. The lowest BCUT2D eigenvalue weighted by atomic mass is 10.2. The largest absolute Gasteiger partial charge is 0.477 e. The summed E-state index contributed by atoms with van der Waals surface area (Å²) in [6, 6.07) is 11.9. The topological polar surface area (TPSA) is 76.7 Å². The van der Waals surface area contributed by atoms with E-state index >= 15 is 0 Å². The van der Waals surface area contributed by atoms with Crippen molar-refractivity contribution in [2.24, 2.45) is 0 Å². The van der Waals surface area contributed by atoms with Gasteiger partial charge in [0.1, 0.15) is 12.8 Å². The number of hydrogen-bond acceptors (Lipinski definition) is 6. The molecule has 2 aromatic rings. The van der Waals surface area contributed by atoms with E-state index in [1.54, 1.807) is 4.90 Å². The summed E-state index contributed by atoms with van der Waals surface area (Å²) >= 11 is 0. The van der Waals surface area contributed by atoms with Gasteiger partial charge in [-0.15, -0.1) is 0 Å². The van der Waals surface area contributed by atoms with Gasteiger partial charge in [0.15, 0.2) is 12.4 Å². The summed E-state index contributed by atoms with van der Waals surface area (Å²) in [5, 5.41) is 0. The smallest absolute Gasteiger partial charge is 0.260 e. The fraction of sp³-hybridized carbons (Fsp3) is 0.455. The Labute approximate surface area is 175 Å². The molecule has 30 heavy (non-hydrogen) atoms. The number of morpholine rings is 1. The summed E-state index contributed by atoms with van der Waals surface area (Å²) in [4.78, 5) is 29.9. The van der Waals surface area contributed by atoms with Crippen molar-refractivity contribution in [1.82, 2.24) is 4.90 Å². The number of rotatable bonds is 6. The van der Waals surface area contributed by atoms with Crippen LogP contribution in [0.15, 0.2) is 51.9 Å². The number of amides is 1. The third-order valence-electron chi connectivity index (χ3n) is 5.58. The van der Waals surface area contributed by atoms with E-state index in [0.29, 0.717) is 38.6 Å². The van der Waals surface area contributed by atoms with Crippen molar-refractivity contribution in [3.63, 3.8) is 0 Å². The third kappa shape index (κ3) is 5.20. The Morgan fingerprint density at radius 1 is 1.07 bits per heavy atom. The van der Waals surface area contributed by atoms with Gasteiger partial charge in [0, 0.05) is 24.8 Å². The van der Waals surface area contributed by atoms with Crippen LogP contribution in [0.1, 0.15) is 5.76 Å². The maximum Gasteiger partial charge on any atom is 0.260 e. The molecule has 2 fully saturated rings. The van der Waals surface area contributed by atoms with E-state index in [1.165, 1.54) is 22.9 Å². The quantitative estimate of drug-likeness (QED) is 0.705. The van der Waals surface area contributed by atoms with E-state index in [4.69, 9.17) is 13.9 Å². The monoisotopic (exact) mass is 414 g/mol. The number of hydrogen-bond donors (Lipinski definition) is 1. The van der Waals surface area contributed by atoms with Crippen LogP contribution in [-0.2, 0) is 16.1 Å². The molecular weight excluding hydrogens is 386 g/mol. The summed E-state index contributed by atoms with van der Waals surface area (Å²) in [5.41, 5.74) is 0.990. The van der Waals surface area contributed by atoms with Crippen LogP contribution in [0, 0.1) is 0 Å². The van der Waals surface area contributed by atoms with Crippen LogP contribution in [0.5, 0.6) is 5.75 Å². The van der Waals surface area contributed by atoms with Gasteiger partial charge in [0.2, 0.25) is 11.2 Å². The zero-order chi connectivity index (χ0) is 20.8. The molecule has 0 atom stereocenters. The first kappa shape index (κ1) is 20.4. The van der Waals surface area contributed by atoms with E-state index < -0.39 is 0 Å². The number of ether oxygens (including phenoxy) is 2. The van der Waals surface area contributed by atoms with E-state index in [1.807, 2.05) is 6.07 Å². The molecule has 0 bridgehead atoms. The van der Waals surface area contributed by atoms with Crippen LogP contribution in [0.25, 0.3) is 0 Å². The summed E-state index contributed by atoms with van der Waals surface area (Å²) in [6.45, 7) is 6.54. The van der Waals surface area contributed by atoms with Gasteiger partial charge in [-0.25, -0.2) is 0 Å². The molecule has 8 heteroatoms. The van der Waals surface area contributed by atoms with Gasteiger partial charge in [0.25, 0.3) is 5.91 Å². The predicted molar refractivity (Wildman–Crippen MR) is 111 cm³/mol. The zero-order valence-electron chi connectivity index (χ0n) is 17.0. The van der Waals surface area contributed by atoms with Crippen LogP contribution >= 0.6 is 0 Å². The molecule has 2 aliphatic heterocycles. The number of nitrogens with zero attached hydrogens (tertiary/aromatic N) is 2. The van der Waals surface area contributed by atoms with E-state index in [2.05, 4.69) is 29.2 Å². The molecule has 160 valence electrons. The van der Waals surface area contributed by atoms with Gasteiger partial charge in [0.05, 0.1) is 39.4 Å². The maximum absolute atomic E-state index is 12.4. The number of nitrogens with one attached hydrogen (secondary N) is 1. The molecule has 1 aromatic heterocycles. The van der Waals surface area contributed by atoms with Crippen LogP contribution < -0.4 is 20.0 Å². The minimum atomic E-state index is -0.256. The van der Waals surface area contributed by atoms with Crippen LogP contribution in [0.3, 0.4) is 0 Å². The van der Waals surface area contributed by atoms with Gasteiger partial charge in [-0.2, -0.15) is 0 Å². The number of piperazine rings is 1. The van der Waals surface area contributed by atoms with Crippen molar-refractivity contribution in [2.45, 2.75) is 6.54 Å². The summed E-state index contributed by atoms with van der Waals surface area (Å²) in [6.07, 6.45) is 1.32. The second-order valence-corrected chi connectivity index (χ2v) is 7.61. The SMILES string of the molecule is O=C(COc1coc(C[NH+]2CCN(c3ccccc3)CC2)cc1=O)N1CCOCC1. The van der Waals surface area contributed by atoms with E-state index in [-0.39, 0.29) is 23.7 Å². The Balaban J connectivity index is 1.26. The Hall–Kier alpha value is -2.84. The Morgan fingerprint density at radius 3 is 2.50 bits per heavy atom. The zero-order valence-corrected chi connectivity index (χ0v) is 17.0. The standard InChI is InChI=1S/C22H27N3O5/c26-20-14-19(15-23-6-8-24(9-7-23)18-4-2-1-3-5-18)29-16-21(20)30-17-22(27)25-10-12-28-13-11-25/h1-5,14,16H,6-13,15,17H2/p+1. The lowest BCUT2D eigenvalue weighted by molar-refractivity contribution is -0.915. The van der Waals surface area contributed by atoms with E-state index in [9.17, 15) is 9.59 Å². The minimum Gasteiger partial charge on any atom is -0.477 e. The first-order valence-corrected chi connectivity index (χ1v) is 10.4. The van der Waals surface area contributed by atoms with Crippen molar-refractivity contribution in [2.75, 3.05) is 64.0 Å². The highest BCUT2D eigenvalue weighted by Crippen LogP contribution is 2.12. The molecule has 0 unspecified atom stereocenters. The summed E-state index contributed by atoms with van der Waals surface area (Å²) in [7, 11) is 0. The fourth-order valence-corrected chi connectivity index (χ4v) is 3.82. The Bertz CT molecular complexity index is 887. The fourth-order valence-electron chi connectivity index (χ4n) is 3.82. The molecule has 3 heterocycles. The van der Waals surface area contributed by atoms with Crippen LogP contribution in [-0.4, -0.2) is 69.9 Å². The lowest BCUT2D eigenvalue weighted by Gasteiger charge is -2.33. The van der Waals surface area contributed by atoms with Gasteiger partial charge in [-0.05, 0) is 12.1 Å². The van der Waals surface area contributed by atoms with Crippen molar-refractivity contribution in [3.8, 4) is 5.75 Å². The molecule has 2 saturated heterocycles. The molecule has 2 aliphatic rings. The first-order valence-electron chi connectivity index (χ1n) is 10.4. The van der Waals surface area contributed by atoms with Crippen molar-refractivity contribution < 1.29 is 23.6 Å². The van der Waals surface area contributed by atoms with E-state index in [0.717, 1.165) is 26.2 Å². The molecule has 1 N–H and O–H groups in total. The number of benzene rings is 1. The van der Waals surface area contributed by atoms with Gasteiger partial charge in [-0.3, -0.25) is 9.59 Å². The highest BCUT2D eigenvalue weighted by atomic mass is 16.5. The molecule has 8 nitrogen and oxygen atoms in total. The predicted octanol–water partition coefficient (Wildman–Crippen LogP) is -0.217. The van der Waals surface area contributed by atoms with Crippen LogP contribution in [0.4, 0.5) is 5.69 Å². The van der Waals surface area contributed by atoms with Gasteiger partial charge < -0.3 is 28.6 Å². The lowest BCUT2D eigenvalue weighted by Crippen LogP contribution is -3.13. The third-order valence-corrected chi connectivity index (χ3v) is 5.58. The molecule has 0 spiro atoms. The molecule has 1 aromatic carbocycles. The van der Waals surface area contributed by atoms with Gasteiger partial charge in [-0.1, -0.05) is 18.2 Å². The summed E-state index contributed by atoms with van der Waals surface area (Å²) in [5.74, 6) is 0.557. The molecule has 4 rings (SSSR count). The second-order valence-electron chi connectivity index (χ2n) is 7.61. The highest BCUT2D eigenvalue weighted by Gasteiger charge is 2.22. The molecular formula is C22H28N3O5+. The van der Waals surface area contributed by atoms with Crippen molar-refractivity contribution in [3.05, 3.63) is 58.6 Å². The Kier molecular flexibility index (Phi) is 6.66. The maximum atomic E-state index is 12.4.